The molecule has 1 saturated heterocycles. The third-order valence-electron chi connectivity index (χ3n) is 8.32. The fourth-order valence-electron chi connectivity index (χ4n) is 6.75. The summed E-state index contributed by atoms with van der Waals surface area (Å²) in [7, 11) is 0. The summed E-state index contributed by atoms with van der Waals surface area (Å²) in [5.41, 5.74) is 2.33. The van der Waals surface area contributed by atoms with Crippen LogP contribution in [0.1, 0.15) is 75.7 Å². The summed E-state index contributed by atoms with van der Waals surface area (Å²) in [5, 5.41) is 0. The van der Waals surface area contributed by atoms with Gasteiger partial charge in [-0.15, -0.1) is 0 Å². The van der Waals surface area contributed by atoms with Crippen molar-refractivity contribution >= 4 is 11.7 Å². The molecule has 4 aliphatic rings. The second-order valence-corrected chi connectivity index (χ2v) is 10.1. The van der Waals surface area contributed by atoms with Gasteiger partial charge in [0.15, 0.2) is 5.78 Å². The van der Waals surface area contributed by atoms with E-state index in [4.69, 9.17) is 0 Å². The van der Waals surface area contributed by atoms with Gasteiger partial charge < -0.3 is 4.90 Å². The standard InChI is InChI=1S/C28H35NO2/c30-27(21-11-5-2-6-12-21)22-15-16-23(19-22)28(31)29-18-17-24(20-9-3-1-4-10-20)25-13-7-8-14-26(25)29/h1,3-5,9-12,22-26H,2,6-8,13-19H2. The first-order chi connectivity index (χ1) is 15.2. The number of carbonyl (C=O) groups excluding carboxylic acids is 2. The number of carbonyl (C=O) groups is 2. The monoisotopic (exact) mass is 417 g/mol. The number of allylic oxidation sites excluding steroid dienone is 4. The van der Waals surface area contributed by atoms with Gasteiger partial charge in [0, 0.05) is 30.0 Å². The molecule has 3 fully saturated rings. The number of piperidine rings is 1. The summed E-state index contributed by atoms with van der Waals surface area (Å²) in [4.78, 5) is 28.8. The van der Waals surface area contributed by atoms with E-state index in [9.17, 15) is 9.59 Å². The zero-order valence-corrected chi connectivity index (χ0v) is 18.5. The zero-order valence-electron chi connectivity index (χ0n) is 18.5. The predicted molar refractivity (Wildman–Crippen MR) is 124 cm³/mol. The van der Waals surface area contributed by atoms with Crippen molar-refractivity contribution in [3.05, 3.63) is 59.7 Å². The minimum Gasteiger partial charge on any atom is -0.339 e. The number of benzene rings is 1. The molecule has 0 spiro atoms. The summed E-state index contributed by atoms with van der Waals surface area (Å²) >= 11 is 0. The number of hydrogen-bond acceptors (Lipinski definition) is 2. The molecule has 3 heteroatoms. The molecule has 1 heterocycles. The van der Waals surface area contributed by atoms with Crippen molar-refractivity contribution in [2.24, 2.45) is 17.8 Å². The predicted octanol–water partition coefficient (Wildman–Crippen LogP) is 5.82. The maximum absolute atomic E-state index is 13.6. The minimum absolute atomic E-state index is 0.0342. The quantitative estimate of drug-likeness (QED) is 0.619. The van der Waals surface area contributed by atoms with Crippen LogP contribution in [0.5, 0.6) is 0 Å². The molecule has 3 aliphatic carbocycles. The van der Waals surface area contributed by atoms with Crippen LogP contribution in [-0.4, -0.2) is 29.2 Å². The first kappa shape index (κ1) is 20.7. The Kier molecular flexibility index (Phi) is 6.11. The normalized spacial score (nSPS) is 33.0. The first-order valence-corrected chi connectivity index (χ1v) is 12.5. The van der Waals surface area contributed by atoms with Gasteiger partial charge in [-0.1, -0.05) is 61.4 Å². The number of amides is 1. The summed E-state index contributed by atoms with van der Waals surface area (Å²) in [6, 6.07) is 11.3. The average molecular weight is 418 g/mol. The van der Waals surface area contributed by atoms with Gasteiger partial charge in [0.25, 0.3) is 0 Å². The molecule has 0 aromatic heterocycles. The Bertz CT molecular complexity index is 870. The van der Waals surface area contributed by atoms with Crippen LogP contribution in [0.25, 0.3) is 0 Å². The molecule has 5 unspecified atom stereocenters. The summed E-state index contributed by atoms with van der Waals surface area (Å²) in [5.74, 6) is 1.85. The maximum atomic E-state index is 13.6. The largest absolute Gasteiger partial charge is 0.339 e. The van der Waals surface area contributed by atoms with E-state index in [1.165, 1.54) is 24.8 Å². The molecule has 1 aromatic carbocycles. The highest BCUT2D eigenvalue weighted by Gasteiger charge is 2.44. The third-order valence-corrected chi connectivity index (χ3v) is 8.32. The van der Waals surface area contributed by atoms with Gasteiger partial charge >= 0.3 is 0 Å². The van der Waals surface area contributed by atoms with E-state index in [2.05, 4.69) is 47.4 Å². The molecule has 0 radical (unpaired) electrons. The van der Waals surface area contributed by atoms with Crippen LogP contribution in [0.15, 0.2) is 54.1 Å². The van der Waals surface area contributed by atoms with Crippen molar-refractivity contribution in [2.75, 3.05) is 6.54 Å². The lowest BCUT2D eigenvalue weighted by Gasteiger charge is -2.49. The SMILES string of the molecule is O=C(C1=CCCC=C1)C1CCC(C(=O)N2CCC(c3ccccc3)C3CCCCC32)C1. The fourth-order valence-corrected chi connectivity index (χ4v) is 6.75. The number of ketones is 1. The van der Waals surface area contributed by atoms with Crippen LogP contribution in [-0.2, 0) is 9.59 Å². The second kappa shape index (κ2) is 9.14. The van der Waals surface area contributed by atoms with Crippen molar-refractivity contribution < 1.29 is 9.59 Å². The molecule has 31 heavy (non-hydrogen) atoms. The molecule has 1 amide bonds. The van der Waals surface area contributed by atoms with Gasteiger partial charge in [0.1, 0.15) is 0 Å². The van der Waals surface area contributed by atoms with E-state index in [1.54, 1.807) is 0 Å². The van der Waals surface area contributed by atoms with Crippen LogP contribution in [0.2, 0.25) is 0 Å². The van der Waals surface area contributed by atoms with Gasteiger partial charge in [0.05, 0.1) is 0 Å². The third kappa shape index (κ3) is 4.16. The Morgan fingerprint density at radius 1 is 0.871 bits per heavy atom. The molecule has 2 saturated carbocycles. The Morgan fingerprint density at radius 2 is 1.68 bits per heavy atom. The van der Waals surface area contributed by atoms with Crippen molar-refractivity contribution in [2.45, 2.75) is 76.2 Å². The Morgan fingerprint density at radius 3 is 2.48 bits per heavy atom. The number of rotatable bonds is 4. The fraction of sp³-hybridized carbons (Fsp3) is 0.571. The van der Waals surface area contributed by atoms with Crippen molar-refractivity contribution in [3.63, 3.8) is 0 Å². The van der Waals surface area contributed by atoms with Crippen molar-refractivity contribution in [3.8, 4) is 0 Å². The first-order valence-electron chi connectivity index (χ1n) is 12.5. The van der Waals surface area contributed by atoms with Crippen LogP contribution >= 0.6 is 0 Å². The van der Waals surface area contributed by atoms with Gasteiger partial charge in [0.2, 0.25) is 5.91 Å². The van der Waals surface area contributed by atoms with E-state index in [-0.39, 0.29) is 17.6 Å². The lowest BCUT2D eigenvalue weighted by Crippen LogP contribution is -2.53. The molecule has 5 atom stereocenters. The van der Waals surface area contributed by atoms with Gasteiger partial charge in [-0.2, -0.15) is 0 Å². The zero-order chi connectivity index (χ0) is 21.2. The molecule has 1 aromatic rings. The molecule has 0 bridgehead atoms. The van der Waals surface area contributed by atoms with Gasteiger partial charge in [-0.3, -0.25) is 9.59 Å². The highest BCUT2D eigenvalue weighted by molar-refractivity contribution is 6.00. The van der Waals surface area contributed by atoms with E-state index >= 15 is 0 Å². The molecular formula is C28H35NO2. The number of Topliss-reactive ketones (excluding diaryl/α,β-unsaturated/α-hetero) is 1. The van der Waals surface area contributed by atoms with Crippen LogP contribution < -0.4 is 0 Å². The minimum atomic E-state index is 0.0342. The maximum Gasteiger partial charge on any atom is 0.225 e. The van der Waals surface area contributed by atoms with Crippen LogP contribution in [0.4, 0.5) is 0 Å². The lowest BCUT2D eigenvalue weighted by atomic mass is 9.69. The van der Waals surface area contributed by atoms with Crippen LogP contribution in [0.3, 0.4) is 0 Å². The summed E-state index contributed by atoms with van der Waals surface area (Å²) < 4.78 is 0. The molecule has 3 nitrogen and oxygen atoms in total. The molecule has 1 aliphatic heterocycles. The second-order valence-electron chi connectivity index (χ2n) is 10.1. The highest BCUT2D eigenvalue weighted by atomic mass is 16.2. The topological polar surface area (TPSA) is 37.4 Å². The Hall–Kier alpha value is -2.16. The molecule has 0 N–H and O–H groups in total. The number of fused-ring (bicyclic) bond motifs is 1. The van der Waals surface area contributed by atoms with Crippen molar-refractivity contribution in [1.29, 1.82) is 0 Å². The molecule has 5 rings (SSSR count). The number of likely N-dealkylation sites (tertiary alicyclic amines) is 1. The van der Waals surface area contributed by atoms with E-state index in [1.807, 2.05) is 6.08 Å². The van der Waals surface area contributed by atoms with Crippen LogP contribution in [0, 0.1) is 17.8 Å². The summed E-state index contributed by atoms with van der Waals surface area (Å²) in [6.45, 7) is 0.878. The van der Waals surface area contributed by atoms with E-state index in [0.717, 1.165) is 57.1 Å². The smallest absolute Gasteiger partial charge is 0.225 e. The van der Waals surface area contributed by atoms with Gasteiger partial charge in [-0.05, 0) is 68.8 Å². The highest BCUT2D eigenvalue weighted by Crippen LogP contribution is 2.45. The lowest BCUT2D eigenvalue weighted by molar-refractivity contribution is -0.142. The van der Waals surface area contributed by atoms with E-state index in [0.29, 0.717) is 23.8 Å². The van der Waals surface area contributed by atoms with Crippen molar-refractivity contribution in [1.82, 2.24) is 4.90 Å². The Balaban J connectivity index is 1.27. The van der Waals surface area contributed by atoms with E-state index < -0.39 is 0 Å². The Labute approximate surface area is 186 Å². The number of hydrogen-bond donors (Lipinski definition) is 0. The molecule has 164 valence electrons. The summed E-state index contributed by atoms with van der Waals surface area (Å²) in [6.07, 6.45) is 16.6. The number of nitrogens with zero attached hydrogens (tertiary/aromatic N) is 1. The van der Waals surface area contributed by atoms with Gasteiger partial charge in [-0.25, -0.2) is 0 Å². The molecular weight excluding hydrogens is 382 g/mol. The average Bonchev–Trinajstić information content (AvgIpc) is 3.34.